The number of nitrogens with one attached hydrogen (secondary N) is 1. The van der Waals surface area contributed by atoms with E-state index in [2.05, 4.69) is 10.2 Å². The molecule has 2 atom stereocenters. The normalized spacial score (nSPS) is 24.0. The van der Waals surface area contributed by atoms with Gasteiger partial charge in [0.05, 0.1) is 18.0 Å². The molecule has 3 aliphatic rings. The van der Waals surface area contributed by atoms with Crippen molar-refractivity contribution >= 4 is 22.6 Å². The molecular weight excluding hydrogens is 374 g/mol. The molecule has 0 amide bonds. The second-order valence-corrected chi connectivity index (χ2v) is 8.36. The van der Waals surface area contributed by atoms with Gasteiger partial charge < -0.3 is 29.7 Å². The predicted molar refractivity (Wildman–Crippen MR) is 108 cm³/mol. The van der Waals surface area contributed by atoms with Crippen molar-refractivity contribution in [3.8, 4) is 11.5 Å². The zero-order valence-electron chi connectivity index (χ0n) is 16.4. The van der Waals surface area contributed by atoms with Crippen LogP contribution in [0, 0.1) is 5.92 Å². The van der Waals surface area contributed by atoms with E-state index in [-0.39, 0.29) is 22.7 Å². The number of carbonyl (C=O) groups is 1. The largest absolute Gasteiger partial charge is 0.506 e. The van der Waals surface area contributed by atoms with Crippen LogP contribution in [0.3, 0.4) is 0 Å². The minimum Gasteiger partial charge on any atom is -0.506 e. The number of hydrogen-bond acceptors (Lipinski definition) is 6. The van der Waals surface area contributed by atoms with Crippen LogP contribution < -0.4 is 20.4 Å². The Morgan fingerprint density at radius 3 is 2.72 bits per heavy atom. The number of benzene rings is 1. The van der Waals surface area contributed by atoms with Crippen molar-refractivity contribution in [2.45, 2.75) is 37.8 Å². The second kappa shape index (κ2) is 6.66. The van der Waals surface area contributed by atoms with E-state index in [1.807, 2.05) is 4.57 Å². The molecule has 5 rings (SSSR count). The molecule has 2 aromatic rings. The summed E-state index contributed by atoms with van der Waals surface area (Å²) in [6.45, 7) is 2.59. The van der Waals surface area contributed by atoms with E-state index in [9.17, 15) is 19.8 Å². The van der Waals surface area contributed by atoms with Crippen LogP contribution in [0.4, 0.5) is 5.69 Å². The number of rotatable bonds is 4. The topological polar surface area (TPSA) is 104 Å². The Kier molecular flexibility index (Phi) is 4.20. The number of anilines is 1. The monoisotopic (exact) mass is 399 g/mol. The number of pyridine rings is 1. The molecule has 2 saturated heterocycles. The Hall–Kier alpha value is -2.74. The molecule has 3 N–H and O–H groups in total. The van der Waals surface area contributed by atoms with Gasteiger partial charge in [0, 0.05) is 31.4 Å². The first-order valence-electron chi connectivity index (χ1n) is 10.2. The minimum atomic E-state index is -1.26. The lowest BCUT2D eigenvalue weighted by Gasteiger charge is -2.25. The molecule has 1 aromatic carbocycles. The Bertz CT molecular complexity index is 1040. The molecule has 154 valence electrons. The quantitative estimate of drug-likeness (QED) is 0.722. The van der Waals surface area contributed by atoms with E-state index in [1.165, 1.54) is 19.4 Å². The zero-order chi connectivity index (χ0) is 20.3. The average Bonchev–Trinajstić information content (AvgIpc) is 3.45. The van der Waals surface area contributed by atoms with Gasteiger partial charge in [0.1, 0.15) is 17.0 Å². The van der Waals surface area contributed by atoms with Gasteiger partial charge in [-0.2, -0.15) is 0 Å². The SMILES string of the molecule is COc1c(N2C[C@@H]3CCCN[C@@H]3C2)c(O)cc2c(=O)c(C(=O)O)cn(C3CC3)c12. The van der Waals surface area contributed by atoms with Crippen LogP contribution in [0.25, 0.3) is 10.9 Å². The highest BCUT2D eigenvalue weighted by atomic mass is 16.5. The minimum absolute atomic E-state index is 0.0463. The number of aromatic carboxylic acids is 1. The molecule has 3 heterocycles. The fourth-order valence-corrected chi connectivity index (χ4v) is 4.98. The van der Waals surface area contributed by atoms with Gasteiger partial charge in [0.15, 0.2) is 5.75 Å². The summed E-state index contributed by atoms with van der Waals surface area (Å²) in [4.78, 5) is 26.6. The average molecular weight is 399 g/mol. The highest BCUT2D eigenvalue weighted by Crippen LogP contribution is 2.47. The van der Waals surface area contributed by atoms with E-state index >= 15 is 0 Å². The number of nitrogens with zero attached hydrogens (tertiary/aromatic N) is 2. The Morgan fingerprint density at radius 2 is 2.07 bits per heavy atom. The van der Waals surface area contributed by atoms with Crippen LogP contribution in [-0.4, -0.2) is 53.5 Å². The summed E-state index contributed by atoms with van der Waals surface area (Å²) in [5.74, 6) is -0.346. The number of methoxy groups -OCH3 is 1. The molecule has 1 aliphatic carbocycles. The summed E-state index contributed by atoms with van der Waals surface area (Å²) in [5.41, 5.74) is 0.282. The van der Waals surface area contributed by atoms with Crippen molar-refractivity contribution in [3.05, 3.63) is 28.0 Å². The van der Waals surface area contributed by atoms with E-state index in [0.29, 0.717) is 28.9 Å². The summed E-state index contributed by atoms with van der Waals surface area (Å²) >= 11 is 0. The van der Waals surface area contributed by atoms with Gasteiger partial charge in [0.25, 0.3) is 0 Å². The van der Waals surface area contributed by atoms with E-state index in [0.717, 1.165) is 45.3 Å². The standard InChI is InChI=1S/C21H25N3O5/c1-29-20-17-13(19(26)14(21(27)28)9-24(17)12-4-5-12)7-16(25)18(20)23-8-11-3-2-6-22-15(11)10-23/h7,9,11-12,15,22,25H,2-6,8,10H2,1H3,(H,27,28)/t11-,15+/m0/s1. The molecule has 8 nitrogen and oxygen atoms in total. The first-order chi connectivity index (χ1) is 14.0. The number of phenolic OH excluding ortho intramolecular Hbond substituents is 1. The van der Waals surface area contributed by atoms with E-state index in [1.54, 1.807) is 0 Å². The third kappa shape index (κ3) is 2.85. The smallest absolute Gasteiger partial charge is 0.341 e. The molecule has 0 spiro atoms. The van der Waals surface area contributed by atoms with Gasteiger partial charge in [-0.25, -0.2) is 4.79 Å². The van der Waals surface area contributed by atoms with Crippen molar-refractivity contribution in [2.24, 2.45) is 5.92 Å². The van der Waals surface area contributed by atoms with Crippen molar-refractivity contribution in [1.82, 2.24) is 9.88 Å². The van der Waals surface area contributed by atoms with Crippen molar-refractivity contribution in [3.63, 3.8) is 0 Å². The number of hydrogen-bond donors (Lipinski definition) is 3. The van der Waals surface area contributed by atoms with Gasteiger partial charge in [-0.3, -0.25) is 4.79 Å². The highest BCUT2D eigenvalue weighted by molar-refractivity contribution is 5.98. The lowest BCUT2D eigenvalue weighted by atomic mass is 9.94. The summed E-state index contributed by atoms with van der Waals surface area (Å²) in [7, 11) is 1.53. The second-order valence-electron chi connectivity index (χ2n) is 8.36. The van der Waals surface area contributed by atoms with E-state index < -0.39 is 11.4 Å². The maximum Gasteiger partial charge on any atom is 0.341 e. The van der Waals surface area contributed by atoms with Crippen LogP contribution in [0.15, 0.2) is 17.1 Å². The zero-order valence-corrected chi connectivity index (χ0v) is 16.4. The molecular formula is C21H25N3O5. The number of aromatic nitrogens is 1. The summed E-state index contributed by atoms with van der Waals surface area (Å²) in [6.07, 6.45) is 5.58. The fourth-order valence-electron chi connectivity index (χ4n) is 4.98. The lowest BCUT2D eigenvalue weighted by Crippen LogP contribution is -2.40. The Labute approximate surface area is 167 Å². The van der Waals surface area contributed by atoms with E-state index in [4.69, 9.17) is 4.74 Å². The third-order valence-corrected chi connectivity index (χ3v) is 6.51. The molecule has 1 saturated carbocycles. The number of carboxylic acids is 1. The maximum atomic E-state index is 12.8. The Balaban J connectivity index is 1.73. The number of phenols is 1. The van der Waals surface area contributed by atoms with Gasteiger partial charge in [-0.15, -0.1) is 0 Å². The van der Waals surface area contributed by atoms with Gasteiger partial charge in [-0.1, -0.05) is 0 Å². The summed E-state index contributed by atoms with van der Waals surface area (Å²) in [5, 5.41) is 24.1. The number of fused-ring (bicyclic) bond motifs is 2. The summed E-state index contributed by atoms with van der Waals surface area (Å²) in [6, 6.07) is 1.94. The van der Waals surface area contributed by atoms with Crippen molar-refractivity contribution in [1.29, 1.82) is 0 Å². The van der Waals surface area contributed by atoms with Crippen LogP contribution in [-0.2, 0) is 0 Å². The Morgan fingerprint density at radius 1 is 1.28 bits per heavy atom. The lowest BCUT2D eigenvalue weighted by molar-refractivity contribution is 0.0695. The van der Waals surface area contributed by atoms with Crippen LogP contribution >= 0.6 is 0 Å². The van der Waals surface area contributed by atoms with Gasteiger partial charge >= 0.3 is 5.97 Å². The molecule has 1 aromatic heterocycles. The number of carboxylic acid groups (broad SMARTS) is 1. The molecule has 0 radical (unpaired) electrons. The first kappa shape index (κ1) is 18.3. The molecule has 8 heteroatoms. The van der Waals surface area contributed by atoms with Crippen molar-refractivity contribution < 1.29 is 19.7 Å². The van der Waals surface area contributed by atoms with Crippen molar-refractivity contribution in [2.75, 3.05) is 31.6 Å². The number of aromatic hydroxyl groups is 1. The molecule has 29 heavy (non-hydrogen) atoms. The number of piperidine rings is 1. The highest BCUT2D eigenvalue weighted by Gasteiger charge is 2.38. The summed E-state index contributed by atoms with van der Waals surface area (Å²) < 4.78 is 7.60. The predicted octanol–water partition coefficient (Wildman–Crippen LogP) is 1.94. The van der Waals surface area contributed by atoms with Gasteiger partial charge in [0.2, 0.25) is 5.43 Å². The molecule has 3 fully saturated rings. The van der Waals surface area contributed by atoms with Crippen LogP contribution in [0.2, 0.25) is 0 Å². The van der Waals surface area contributed by atoms with Crippen LogP contribution in [0.1, 0.15) is 42.1 Å². The van der Waals surface area contributed by atoms with Crippen LogP contribution in [0.5, 0.6) is 11.5 Å². The maximum absolute atomic E-state index is 12.8. The molecule has 0 bridgehead atoms. The molecule has 0 unspecified atom stereocenters. The number of ether oxygens (including phenoxy) is 1. The van der Waals surface area contributed by atoms with Gasteiger partial charge in [-0.05, 0) is 44.2 Å². The first-order valence-corrected chi connectivity index (χ1v) is 10.2. The molecule has 2 aliphatic heterocycles. The fraction of sp³-hybridized carbons (Fsp3) is 0.524. The third-order valence-electron chi connectivity index (χ3n) is 6.51.